The maximum Gasteiger partial charge on any atom is 0.306 e. The fourth-order valence-electron chi connectivity index (χ4n) is 2.51. The molecule has 0 radical (unpaired) electrons. The van der Waals surface area contributed by atoms with E-state index in [1.807, 2.05) is 24.3 Å². The first-order chi connectivity index (χ1) is 9.25. The van der Waals surface area contributed by atoms with Gasteiger partial charge in [-0.2, -0.15) is 0 Å². The van der Waals surface area contributed by atoms with Crippen molar-refractivity contribution in [3.63, 3.8) is 0 Å². The van der Waals surface area contributed by atoms with Gasteiger partial charge in [-0.3, -0.25) is 4.79 Å². The van der Waals surface area contributed by atoms with E-state index in [0.29, 0.717) is 0 Å². The maximum atomic E-state index is 10.5. The molecule has 0 unspecified atom stereocenters. The van der Waals surface area contributed by atoms with Crippen LogP contribution in [-0.2, 0) is 11.2 Å². The summed E-state index contributed by atoms with van der Waals surface area (Å²) in [5.74, 6) is -0.0363. The Labute approximate surface area is 111 Å². The van der Waals surface area contributed by atoms with Crippen LogP contribution in [0.3, 0.4) is 0 Å². The zero-order valence-electron chi connectivity index (χ0n) is 10.4. The zero-order valence-corrected chi connectivity index (χ0v) is 10.4. The maximum absolute atomic E-state index is 10.5. The summed E-state index contributed by atoms with van der Waals surface area (Å²) in [6, 6.07) is 14.3. The molecule has 0 spiro atoms. The largest absolute Gasteiger partial charge is 0.493 e. The minimum Gasteiger partial charge on any atom is -0.493 e. The number of fused-ring (bicyclic) bond motifs is 3. The Balaban J connectivity index is 1.88. The van der Waals surface area contributed by atoms with Gasteiger partial charge >= 0.3 is 5.97 Å². The van der Waals surface area contributed by atoms with Crippen LogP contribution in [0.25, 0.3) is 11.1 Å². The van der Waals surface area contributed by atoms with Gasteiger partial charge in [0.05, 0.1) is 13.0 Å². The summed E-state index contributed by atoms with van der Waals surface area (Å²) < 4.78 is 5.61. The lowest BCUT2D eigenvalue weighted by Gasteiger charge is -2.09. The zero-order chi connectivity index (χ0) is 13.2. The van der Waals surface area contributed by atoms with Crippen molar-refractivity contribution in [2.45, 2.75) is 12.8 Å². The second-order valence-corrected chi connectivity index (χ2v) is 4.61. The monoisotopic (exact) mass is 254 g/mol. The number of rotatable bonds is 4. The molecule has 0 aliphatic heterocycles. The van der Waals surface area contributed by atoms with Gasteiger partial charge in [-0.15, -0.1) is 0 Å². The Hall–Kier alpha value is -2.29. The number of aliphatic carboxylic acids is 1. The van der Waals surface area contributed by atoms with E-state index in [1.54, 1.807) is 0 Å². The Morgan fingerprint density at radius 3 is 2.74 bits per heavy atom. The number of carbonyl (C=O) groups is 1. The van der Waals surface area contributed by atoms with E-state index in [-0.39, 0.29) is 13.0 Å². The molecule has 0 saturated carbocycles. The van der Waals surface area contributed by atoms with Crippen LogP contribution in [0.5, 0.6) is 5.75 Å². The first kappa shape index (κ1) is 11.8. The van der Waals surface area contributed by atoms with Crippen LogP contribution in [0.2, 0.25) is 0 Å². The number of ether oxygens (including phenoxy) is 1. The Bertz CT molecular complexity index is 632. The molecular weight excluding hydrogens is 240 g/mol. The second-order valence-electron chi connectivity index (χ2n) is 4.61. The molecule has 96 valence electrons. The molecule has 0 amide bonds. The fraction of sp³-hybridized carbons (Fsp3) is 0.188. The van der Waals surface area contributed by atoms with Crippen molar-refractivity contribution in [3.05, 3.63) is 53.6 Å². The van der Waals surface area contributed by atoms with Crippen LogP contribution in [0.4, 0.5) is 0 Å². The number of carboxylic acid groups (broad SMARTS) is 1. The van der Waals surface area contributed by atoms with Crippen molar-refractivity contribution < 1.29 is 14.6 Å². The van der Waals surface area contributed by atoms with E-state index in [1.165, 1.54) is 16.7 Å². The van der Waals surface area contributed by atoms with Gasteiger partial charge in [-0.25, -0.2) is 0 Å². The van der Waals surface area contributed by atoms with Gasteiger partial charge < -0.3 is 9.84 Å². The molecule has 19 heavy (non-hydrogen) atoms. The van der Waals surface area contributed by atoms with Crippen LogP contribution < -0.4 is 4.74 Å². The summed E-state index contributed by atoms with van der Waals surface area (Å²) in [7, 11) is 0. The Kier molecular flexibility index (Phi) is 2.95. The van der Waals surface area contributed by atoms with Gasteiger partial charge in [0.2, 0.25) is 0 Å². The van der Waals surface area contributed by atoms with E-state index in [2.05, 4.69) is 18.2 Å². The third-order valence-electron chi connectivity index (χ3n) is 3.38. The van der Waals surface area contributed by atoms with Crippen LogP contribution in [0, 0.1) is 0 Å². The molecule has 0 bridgehead atoms. The van der Waals surface area contributed by atoms with Gasteiger partial charge in [0.25, 0.3) is 0 Å². The topological polar surface area (TPSA) is 46.5 Å². The van der Waals surface area contributed by atoms with Crippen molar-refractivity contribution in [3.8, 4) is 16.9 Å². The first-order valence-electron chi connectivity index (χ1n) is 6.30. The number of carboxylic acids is 1. The highest BCUT2D eigenvalue weighted by Gasteiger charge is 2.21. The SMILES string of the molecule is O=C(O)CCOc1cccc2c1Cc1ccccc1-2. The Morgan fingerprint density at radius 1 is 1.11 bits per heavy atom. The van der Waals surface area contributed by atoms with Crippen molar-refractivity contribution in [2.75, 3.05) is 6.61 Å². The van der Waals surface area contributed by atoms with E-state index >= 15 is 0 Å². The van der Waals surface area contributed by atoms with Gasteiger partial charge in [-0.1, -0.05) is 36.4 Å². The van der Waals surface area contributed by atoms with Gasteiger partial charge in [0.15, 0.2) is 0 Å². The average Bonchev–Trinajstić information content (AvgIpc) is 2.78. The number of hydrogen-bond donors (Lipinski definition) is 1. The number of hydrogen-bond acceptors (Lipinski definition) is 2. The lowest BCUT2D eigenvalue weighted by molar-refractivity contribution is -0.137. The van der Waals surface area contributed by atoms with E-state index < -0.39 is 5.97 Å². The van der Waals surface area contributed by atoms with Gasteiger partial charge in [0.1, 0.15) is 5.75 Å². The van der Waals surface area contributed by atoms with Gasteiger partial charge in [-0.05, 0) is 22.8 Å². The minimum atomic E-state index is -0.837. The normalized spacial score (nSPS) is 11.8. The summed E-state index contributed by atoms with van der Waals surface area (Å²) in [6.07, 6.45) is 0.880. The van der Waals surface area contributed by atoms with Crippen molar-refractivity contribution in [1.29, 1.82) is 0 Å². The molecule has 1 N–H and O–H groups in total. The highest BCUT2D eigenvalue weighted by atomic mass is 16.5. The molecule has 2 aromatic carbocycles. The summed E-state index contributed by atoms with van der Waals surface area (Å²) >= 11 is 0. The lowest BCUT2D eigenvalue weighted by Crippen LogP contribution is -2.05. The summed E-state index contributed by atoms with van der Waals surface area (Å²) in [4.78, 5) is 10.5. The fourth-order valence-corrected chi connectivity index (χ4v) is 2.51. The smallest absolute Gasteiger partial charge is 0.306 e. The van der Waals surface area contributed by atoms with Crippen molar-refractivity contribution in [1.82, 2.24) is 0 Å². The Morgan fingerprint density at radius 2 is 1.89 bits per heavy atom. The molecule has 0 aromatic heterocycles. The van der Waals surface area contributed by atoms with E-state index in [9.17, 15) is 4.79 Å². The quantitative estimate of drug-likeness (QED) is 0.778. The third kappa shape index (κ3) is 2.19. The molecule has 0 fully saturated rings. The number of benzene rings is 2. The van der Waals surface area contributed by atoms with Crippen LogP contribution >= 0.6 is 0 Å². The molecule has 0 atom stereocenters. The van der Waals surface area contributed by atoms with E-state index in [4.69, 9.17) is 9.84 Å². The molecule has 0 heterocycles. The predicted octanol–water partition coefficient (Wildman–Crippen LogP) is 3.11. The van der Waals surface area contributed by atoms with Gasteiger partial charge in [0, 0.05) is 12.0 Å². The summed E-state index contributed by atoms with van der Waals surface area (Å²) in [5.41, 5.74) is 4.91. The average molecular weight is 254 g/mol. The molecule has 1 aliphatic rings. The third-order valence-corrected chi connectivity index (χ3v) is 3.38. The second kappa shape index (κ2) is 4.76. The first-order valence-corrected chi connectivity index (χ1v) is 6.30. The highest BCUT2D eigenvalue weighted by Crippen LogP contribution is 2.40. The summed E-state index contributed by atoms with van der Waals surface area (Å²) in [5, 5.41) is 8.65. The van der Waals surface area contributed by atoms with Crippen LogP contribution in [0.1, 0.15) is 17.5 Å². The predicted molar refractivity (Wildman–Crippen MR) is 72.4 cm³/mol. The molecule has 0 saturated heterocycles. The highest BCUT2D eigenvalue weighted by molar-refractivity contribution is 5.78. The van der Waals surface area contributed by atoms with Crippen LogP contribution in [-0.4, -0.2) is 17.7 Å². The molecule has 3 rings (SSSR count). The lowest BCUT2D eigenvalue weighted by atomic mass is 10.1. The molecule has 1 aliphatic carbocycles. The summed E-state index contributed by atoms with van der Waals surface area (Å²) in [6.45, 7) is 0.210. The van der Waals surface area contributed by atoms with E-state index in [0.717, 1.165) is 17.7 Å². The molecule has 3 heteroatoms. The minimum absolute atomic E-state index is 0.0244. The van der Waals surface area contributed by atoms with Crippen LogP contribution in [0.15, 0.2) is 42.5 Å². The van der Waals surface area contributed by atoms with Crippen molar-refractivity contribution in [2.24, 2.45) is 0 Å². The standard InChI is InChI=1S/C16H14O3/c17-16(18)8-9-19-15-7-3-6-13-12-5-2-1-4-11(12)10-14(13)15/h1-7H,8-10H2,(H,17,18). The molecule has 3 nitrogen and oxygen atoms in total. The molecular formula is C16H14O3. The van der Waals surface area contributed by atoms with Crippen molar-refractivity contribution >= 4 is 5.97 Å². The molecule has 2 aromatic rings.